The van der Waals surface area contributed by atoms with Crippen molar-refractivity contribution in [2.75, 3.05) is 18.5 Å². The molecule has 0 radical (unpaired) electrons. The van der Waals surface area contributed by atoms with Crippen molar-refractivity contribution in [2.24, 2.45) is 0 Å². The Morgan fingerprint density at radius 3 is 2.22 bits per heavy atom. The second-order valence-corrected chi connectivity index (χ2v) is 4.51. The van der Waals surface area contributed by atoms with Gasteiger partial charge in [0.2, 0.25) is 11.6 Å². The first kappa shape index (κ1) is 16.6. The van der Waals surface area contributed by atoms with Crippen LogP contribution in [-0.4, -0.2) is 18.1 Å². The Bertz CT molecular complexity index is 700. The molecule has 120 valence electrons. The van der Waals surface area contributed by atoms with E-state index in [0.29, 0.717) is 12.2 Å². The third kappa shape index (κ3) is 4.13. The molecule has 1 heterocycles. The van der Waals surface area contributed by atoms with E-state index in [1.165, 1.54) is 0 Å². The van der Waals surface area contributed by atoms with Crippen molar-refractivity contribution in [2.45, 2.75) is 6.42 Å². The molecule has 0 atom stereocenters. The van der Waals surface area contributed by atoms with Crippen LogP contribution in [0.25, 0.3) is 0 Å². The maximum atomic E-state index is 13.4. The second kappa shape index (κ2) is 7.49. The van der Waals surface area contributed by atoms with Gasteiger partial charge in [0, 0.05) is 6.54 Å². The number of nitrogens with one attached hydrogen (secondary N) is 1. The van der Waals surface area contributed by atoms with Gasteiger partial charge in [-0.15, -0.1) is 6.42 Å². The van der Waals surface area contributed by atoms with Gasteiger partial charge in [-0.1, -0.05) is 18.1 Å². The van der Waals surface area contributed by atoms with Crippen molar-refractivity contribution in [1.29, 1.82) is 0 Å². The topological polar surface area (TPSA) is 34.1 Å². The van der Waals surface area contributed by atoms with E-state index in [-0.39, 0.29) is 13.2 Å². The molecule has 0 bridgehead atoms. The molecule has 2 aromatic rings. The van der Waals surface area contributed by atoms with Crippen LogP contribution in [0.4, 0.5) is 23.2 Å². The Morgan fingerprint density at radius 1 is 1.04 bits per heavy atom. The Labute approximate surface area is 130 Å². The molecule has 7 heteroatoms. The highest BCUT2D eigenvalue weighted by molar-refractivity contribution is 5.45. The van der Waals surface area contributed by atoms with E-state index in [0.717, 1.165) is 5.56 Å². The average Bonchev–Trinajstić information content (AvgIpc) is 2.55. The molecule has 0 saturated heterocycles. The zero-order chi connectivity index (χ0) is 16.8. The summed E-state index contributed by atoms with van der Waals surface area (Å²) in [5.41, 5.74) is -0.0367. The summed E-state index contributed by atoms with van der Waals surface area (Å²) in [6, 6.07) is 6.88. The van der Waals surface area contributed by atoms with Crippen LogP contribution >= 0.6 is 0 Å². The summed E-state index contributed by atoms with van der Waals surface area (Å²) in [6.45, 7) is 0.222. The van der Waals surface area contributed by atoms with E-state index >= 15 is 0 Å². The number of benzene rings is 1. The van der Waals surface area contributed by atoms with Gasteiger partial charge in [0.1, 0.15) is 18.0 Å². The van der Waals surface area contributed by atoms with E-state index in [1.807, 2.05) is 0 Å². The number of aromatic nitrogens is 1. The lowest BCUT2D eigenvalue weighted by Gasteiger charge is -2.10. The minimum Gasteiger partial charge on any atom is -0.481 e. The average molecular weight is 324 g/mol. The van der Waals surface area contributed by atoms with Crippen LogP contribution in [0, 0.1) is 35.9 Å². The van der Waals surface area contributed by atoms with E-state index in [2.05, 4.69) is 16.2 Å². The largest absolute Gasteiger partial charge is 0.481 e. The highest BCUT2D eigenvalue weighted by atomic mass is 19.2. The van der Waals surface area contributed by atoms with Gasteiger partial charge >= 0.3 is 0 Å². The first-order chi connectivity index (χ1) is 11.0. The van der Waals surface area contributed by atoms with E-state index < -0.39 is 29.2 Å². The van der Waals surface area contributed by atoms with Crippen LogP contribution in [0.3, 0.4) is 0 Å². The lowest BCUT2D eigenvalue weighted by Crippen LogP contribution is -2.12. The predicted octanol–water partition coefficient (Wildman–Crippen LogP) is 3.30. The quantitative estimate of drug-likeness (QED) is 0.503. The summed E-state index contributed by atoms with van der Waals surface area (Å²) < 4.78 is 57.9. The first-order valence-electron chi connectivity index (χ1n) is 6.62. The standard InChI is InChI=1S/C16H12F4N2O/c1-2-9-23-11-5-3-10(4-6-11)7-8-21-14-12(17)15(19)22-16(20)13(14)18/h1,3-6H,7-9H2,(H,21,22). The van der Waals surface area contributed by atoms with Gasteiger partial charge in [-0.25, -0.2) is 0 Å². The van der Waals surface area contributed by atoms with E-state index in [1.54, 1.807) is 24.3 Å². The molecule has 0 aliphatic carbocycles. The van der Waals surface area contributed by atoms with Gasteiger partial charge in [0.25, 0.3) is 11.9 Å². The van der Waals surface area contributed by atoms with Gasteiger partial charge in [-0.2, -0.15) is 22.5 Å². The number of anilines is 1. The smallest absolute Gasteiger partial charge is 0.253 e. The lowest BCUT2D eigenvalue weighted by atomic mass is 10.1. The maximum absolute atomic E-state index is 13.4. The summed E-state index contributed by atoms with van der Waals surface area (Å²) in [5.74, 6) is -3.57. The Morgan fingerprint density at radius 2 is 1.65 bits per heavy atom. The Balaban J connectivity index is 1.97. The van der Waals surface area contributed by atoms with Crippen LogP contribution < -0.4 is 10.1 Å². The number of pyridine rings is 1. The summed E-state index contributed by atoms with van der Waals surface area (Å²) in [5, 5.41) is 2.33. The van der Waals surface area contributed by atoms with Crippen LogP contribution in [-0.2, 0) is 6.42 Å². The Hall–Kier alpha value is -2.75. The van der Waals surface area contributed by atoms with Crippen molar-refractivity contribution >= 4 is 5.69 Å². The van der Waals surface area contributed by atoms with Crippen molar-refractivity contribution in [1.82, 2.24) is 4.98 Å². The first-order valence-corrected chi connectivity index (χ1v) is 6.62. The number of halogens is 4. The summed E-state index contributed by atoms with van der Waals surface area (Å²) >= 11 is 0. The number of rotatable bonds is 6. The van der Waals surface area contributed by atoms with Gasteiger partial charge in [0.15, 0.2) is 0 Å². The highest BCUT2D eigenvalue weighted by Crippen LogP contribution is 2.22. The second-order valence-electron chi connectivity index (χ2n) is 4.51. The number of ether oxygens (including phenoxy) is 1. The van der Waals surface area contributed by atoms with Crippen LogP contribution in [0.1, 0.15) is 5.56 Å². The van der Waals surface area contributed by atoms with Gasteiger partial charge < -0.3 is 10.1 Å². The van der Waals surface area contributed by atoms with Crippen molar-refractivity contribution in [3.8, 4) is 18.1 Å². The van der Waals surface area contributed by atoms with Crippen LogP contribution in [0.15, 0.2) is 24.3 Å². The SMILES string of the molecule is C#CCOc1ccc(CCNc2c(F)c(F)nc(F)c2F)cc1. The van der Waals surface area contributed by atoms with Crippen LogP contribution in [0.5, 0.6) is 5.75 Å². The lowest BCUT2D eigenvalue weighted by molar-refractivity contribution is 0.370. The molecule has 0 saturated carbocycles. The maximum Gasteiger partial charge on any atom is 0.253 e. The fourth-order valence-corrected chi connectivity index (χ4v) is 1.85. The molecule has 0 aliphatic heterocycles. The minimum absolute atomic E-state index is 0.0707. The third-order valence-electron chi connectivity index (χ3n) is 2.96. The highest BCUT2D eigenvalue weighted by Gasteiger charge is 2.20. The summed E-state index contributed by atoms with van der Waals surface area (Å²) in [4.78, 5) is 2.48. The van der Waals surface area contributed by atoms with E-state index in [9.17, 15) is 17.6 Å². The molecule has 0 aliphatic rings. The predicted molar refractivity (Wildman–Crippen MR) is 77.0 cm³/mol. The molecule has 0 unspecified atom stereocenters. The fourth-order valence-electron chi connectivity index (χ4n) is 1.85. The molecule has 0 spiro atoms. The molecule has 0 fully saturated rings. The molecule has 1 aromatic heterocycles. The minimum atomic E-state index is -1.69. The third-order valence-corrected chi connectivity index (χ3v) is 2.96. The summed E-state index contributed by atoms with van der Waals surface area (Å²) in [7, 11) is 0. The van der Waals surface area contributed by atoms with Gasteiger partial charge in [-0.05, 0) is 24.1 Å². The van der Waals surface area contributed by atoms with Gasteiger partial charge in [-0.3, -0.25) is 0 Å². The molecular weight excluding hydrogens is 312 g/mol. The zero-order valence-corrected chi connectivity index (χ0v) is 11.9. The van der Waals surface area contributed by atoms with E-state index in [4.69, 9.17) is 11.2 Å². The summed E-state index contributed by atoms with van der Waals surface area (Å²) in [6.07, 6.45) is 5.45. The van der Waals surface area contributed by atoms with Crippen LogP contribution in [0.2, 0.25) is 0 Å². The molecule has 3 nitrogen and oxygen atoms in total. The zero-order valence-electron chi connectivity index (χ0n) is 11.9. The van der Waals surface area contributed by atoms with Crippen molar-refractivity contribution < 1.29 is 22.3 Å². The van der Waals surface area contributed by atoms with Crippen molar-refractivity contribution in [3.05, 3.63) is 53.4 Å². The molecule has 1 aromatic carbocycles. The molecule has 1 N–H and O–H groups in total. The molecule has 2 rings (SSSR count). The number of nitrogens with zero attached hydrogens (tertiary/aromatic N) is 1. The van der Waals surface area contributed by atoms with Crippen molar-refractivity contribution in [3.63, 3.8) is 0 Å². The molecule has 0 amide bonds. The molecule has 23 heavy (non-hydrogen) atoms. The normalized spacial score (nSPS) is 10.2. The fraction of sp³-hybridized carbons (Fsp3) is 0.188. The Kier molecular flexibility index (Phi) is 5.41. The monoisotopic (exact) mass is 324 g/mol. The molecular formula is C16H12F4N2O. The number of hydrogen-bond donors (Lipinski definition) is 1. The number of hydrogen-bond acceptors (Lipinski definition) is 3. The number of terminal acetylenes is 1. The van der Waals surface area contributed by atoms with Gasteiger partial charge in [0.05, 0.1) is 0 Å².